The number of aliphatic hydroxyl groups excluding tert-OH is 2. The van der Waals surface area contributed by atoms with Crippen molar-refractivity contribution in [3.05, 3.63) is 72.3 Å². The number of nitrogens with zero attached hydrogens (tertiary/aromatic N) is 2. The second-order valence-corrected chi connectivity index (χ2v) is 10.6. The molecule has 0 fully saturated rings. The molecule has 0 atom stereocenters. The van der Waals surface area contributed by atoms with Crippen LogP contribution in [-0.4, -0.2) is 58.0 Å². The number of carbonyl (C=O) groups is 1. The van der Waals surface area contributed by atoms with Gasteiger partial charge in [0, 0.05) is 59.3 Å². The van der Waals surface area contributed by atoms with E-state index in [1.165, 1.54) is 16.7 Å². The van der Waals surface area contributed by atoms with Gasteiger partial charge in [-0.15, -0.1) is 0 Å². The number of H-pyrrole nitrogens is 2. The van der Waals surface area contributed by atoms with Gasteiger partial charge in [-0.05, 0) is 91.2 Å². The maximum absolute atomic E-state index is 12.5. The van der Waals surface area contributed by atoms with Gasteiger partial charge in [0.25, 0.3) is 5.91 Å². The number of carbonyl (C=O) groups excluding carboxylic acids is 1. The zero-order valence-corrected chi connectivity index (χ0v) is 26.0. The fraction of sp³-hybridized carbons (Fsp3) is 0.441. The summed E-state index contributed by atoms with van der Waals surface area (Å²) in [7, 11) is 1.62. The van der Waals surface area contributed by atoms with Gasteiger partial charge in [0.05, 0.1) is 18.5 Å². The highest BCUT2D eigenvalue weighted by molar-refractivity contribution is 6.31. The van der Waals surface area contributed by atoms with Crippen LogP contribution in [0.15, 0.2) is 38.0 Å². The molecule has 2 aromatic rings. The van der Waals surface area contributed by atoms with E-state index in [-0.39, 0.29) is 19.1 Å². The molecule has 2 aliphatic rings. The summed E-state index contributed by atoms with van der Waals surface area (Å²) < 4.78 is 5.54. The van der Waals surface area contributed by atoms with Crippen molar-refractivity contribution in [1.29, 1.82) is 0 Å². The molecule has 0 radical (unpaired) electrons. The third-order valence-electron chi connectivity index (χ3n) is 8.39. The lowest BCUT2D eigenvalue weighted by atomic mass is 10.0. The van der Waals surface area contributed by atoms with E-state index in [0.717, 1.165) is 69.3 Å². The molecule has 0 spiro atoms. The molecule has 1 amide bonds. The molecular weight excluding hydrogens is 528 g/mol. The lowest BCUT2D eigenvalue weighted by molar-refractivity contribution is -0.114. The van der Waals surface area contributed by atoms with Gasteiger partial charge in [-0.3, -0.25) is 4.79 Å². The molecule has 0 aromatic carbocycles. The van der Waals surface area contributed by atoms with Crippen LogP contribution in [0.2, 0.25) is 0 Å². The first kappa shape index (κ1) is 31.2. The van der Waals surface area contributed by atoms with Crippen molar-refractivity contribution in [2.24, 2.45) is 9.98 Å². The summed E-state index contributed by atoms with van der Waals surface area (Å²) in [4.78, 5) is 28.8. The normalized spacial score (nSPS) is 17.5. The number of rotatable bonds is 11. The molecule has 0 saturated heterocycles. The Hall–Kier alpha value is -3.75. The third kappa shape index (κ3) is 5.78. The number of nitrogens with one attached hydrogen (secondary N) is 2. The fourth-order valence-electron chi connectivity index (χ4n) is 6.21. The molecule has 224 valence electrons. The Bertz CT molecular complexity index is 1660. The zero-order chi connectivity index (χ0) is 30.6. The highest BCUT2D eigenvalue weighted by Crippen LogP contribution is 2.33. The molecule has 4 heterocycles. The number of hydrogen-bond donors (Lipinski definition) is 4. The van der Waals surface area contributed by atoms with Gasteiger partial charge in [-0.1, -0.05) is 27.7 Å². The largest absolute Gasteiger partial charge is 0.481 e. The van der Waals surface area contributed by atoms with Crippen LogP contribution in [0.5, 0.6) is 0 Å². The lowest BCUT2D eigenvalue weighted by Gasteiger charge is -2.06. The van der Waals surface area contributed by atoms with Crippen molar-refractivity contribution in [2.75, 3.05) is 20.3 Å². The number of aliphatic imine (C=N–C) groups is 2. The lowest BCUT2D eigenvalue weighted by Crippen LogP contribution is -2.14. The number of aromatic nitrogens is 2. The molecule has 8 heteroatoms. The Kier molecular flexibility index (Phi) is 10.0. The number of methoxy groups -OCH3 is 1. The van der Waals surface area contributed by atoms with E-state index in [4.69, 9.17) is 9.73 Å². The first-order valence-electron chi connectivity index (χ1n) is 15.0. The van der Waals surface area contributed by atoms with Crippen LogP contribution in [0.25, 0.3) is 18.2 Å². The van der Waals surface area contributed by atoms with Crippen molar-refractivity contribution < 1.29 is 19.7 Å². The molecule has 0 aliphatic carbocycles. The van der Waals surface area contributed by atoms with Gasteiger partial charge in [0.15, 0.2) is 0 Å². The number of amides is 1. The number of aliphatic hydroxyl groups is 2. The van der Waals surface area contributed by atoms with Gasteiger partial charge < -0.3 is 24.9 Å². The minimum absolute atomic E-state index is 0.0490. The fourth-order valence-corrected chi connectivity index (χ4v) is 6.21. The second-order valence-electron chi connectivity index (χ2n) is 10.6. The first-order chi connectivity index (χ1) is 20.3. The van der Waals surface area contributed by atoms with Crippen molar-refractivity contribution >= 4 is 35.7 Å². The van der Waals surface area contributed by atoms with E-state index in [1.54, 1.807) is 7.11 Å². The first-order valence-corrected chi connectivity index (χ1v) is 15.0. The monoisotopic (exact) mass is 572 g/mol. The van der Waals surface area contributed by atoms with Gasteiger partial charge in [0.2, 0.25) is 5.90 Å². The Morgan fingerprint density at radius 1 is 0.714 bits per heavy atom. The van der Waals surface area contributed by atoms with Crippen LogP contribution in [-0.2, 0) is 22.4 Å². The maximum atomic E-state index is 12.5. The quantitative estimate of drug-likeness (QED) is 0.321. The number of hydrogen-bond acceptors (Lipinski definition) is 5. The van der Waals surface area contributed by atoms with Crippen molar-refractivity contribution in [1.82, 2.24) is 9.97 Å². The van der Waals surface area contributed by atoms with Crippen LogP contribution in [0.1, 0.15) is 87.0 Å². The summed E-state index contributed by atoms with van der Waals surface area (Å²) >= 11 is 0. The molecule has 4 N–H and O–H groups in total. The summed E-state index contributed by atoms with van der Waals surface area (Å²) in [5.74, 6) is 0.332. The summed E-state index contributed by atoms with van der Waals surface area (Å²) in [5.41, 5.74) is 12.0. The van der Waals surface area contributed by atoms with Gasteiger partial charge in [-0.25, -0.2) is 9.98 Å². The topological polar surface area (TPSA) is 123 Å². The predicted molar refractivity (Wildman–Crippen MR) is 170 cm³/mol. The van der Waals surface area contributed by atoms with Gasteiger partial charge in [-0.2, -0.15) is 0 Å². The molecule has 0 unspecified atom stereocenters. The van der Waals surface area contributed by atoms with E-state index in [9.17, 15) is 15.0 Å². The summed E-state index contributed by atoms with van der Waals surface area (Å²) in [6.07, 6.45) is 10.3. The average molecular weight is 573 g/mol. The van der Waals surface area contributed by atoms with Crippen LogP contribution in [0.3, 0.4) is 0 Å². The molecule has 0 bridgehead atoms. The van der Waals surface area contributed by atoms with Crippen LogP contribution >= 0.6 is 0 Å². The van der Waals surface area contributed by atoms with E-state index >= 15 is 0 Å². The van der Waals surface area contributed by atoms with Crippen molar-refractivity contribution in [2.45, 2.75) is 80.1 Å². The second kappa shape index (κ2) is 13.5. The summed E-state index contributed by atoms with van der Waals surface area (Å²) in [5, 5.41) is 21.0. The van der Waals surface area contributed by atoms with Crippen LogP contribution in [0.4, 0.5) is 0 Å². The number of aromatic amines is 2. The van der Waals surface area contributed by atoms with E-state index in [2.05, 4.69) is 61.7 Å². The van der Waals surface area contributed by atoms with Gasteiger partial charge >= 0.3 is 0 Å². The van der Waals surface area contributed by atoms with Crippen LogP contribution in [0, 0.1) is 13.8 Å². The molecule has 0 saturated carbocycles. The SMILES string of the molecule is CCC1=C(CCO)C(=O)N=C1/C=c1/[nH]/c(=C\c2[nH]c(/C=C3\N=C(OC)C(CCO)=C3CC)c(C)c2CC)c(CC)c1C. The summed E-state index contributed by atoms with van der Waals surface area (Å²) in [6.45, 7) is 12.6. The maximum Gasteiger partial charge on any atom is 0.273 e. The average Bonchev–Trinajstić information content (AvgIpc) is 3.66. The molecule has 8 nitrogen and oxygen atoms in total. The van der Waals surface area contributed by atoms with Crippen LogP contribution < -0.4 is 10.7 Å². The Balaban J connectivity index is 1.83. The van der Waals surface area contributed by atoms with Crippen molar-refractivity contribution in [3.8, 4) is 0 Å². The highest BCUT2D eigenvalue weighted by Gasteiger charge is 2.25. The van der Waals surface area contributed by atoms with E-state index in [1.807, 2.05) is 13.0 Å². The molecular formula is C34H44N4O4. The minimum Gasteiger partial charge on any atom is -0.481 e. The Labute approximate surface area is 248 Å². The number of ether oxygens (including phenoxy) is 1. The van der Waals surface area contributed by atoms with Crippen molar-refractivity contribution in [3.63, 3.8) is 0 Å². The van der Waals surface area contributed by atoms with E-state index < -0.39 is 0 Å². The third-order valence-corrected chi connectivity index (χ3v) is 8.39. The predicted octanol–water partition coefficient (Wildman–Crippen LogP) is 4.25. The number of allylic oxidation sites excluding steroid dienone is 2. The Morgan fingerprint density at radius 2 is 1.38 bits per heavy atom. The van der Waals surface area contributed by atoms with Gasteiger partial charge in [0.1, 0.15) is 0 Å². The van der Waals surface area contributed by atoms with E-state index in [0.29, 0.717) is 36.4 Å². The molecule has 42 heavy (non-hydrogen) atoms. The standard InChI is InChI=1S/C34H44N4O4/c1-8-21-19(5)27(16-31-23(10-3)25(12-14-39)33(41)37-31)35-29(21)18-30-22(9-2)20(6)28(36-30)17-32-24(11-4)26(13-15-40)34(38-32)42-7/h16-18,35-36,39-40H,8-15H2,1-7H3/b27-16+,29-18-,32-17-. The summed E-state index contributed by atoms with van der Waals surface area (Å²) in [6, 6.07) is 0. The Morgan fingerprint density at radius 3 is 1.98 bits per heavy atom. The highest BCUT2D eigenvalue weighted by atomic mass is 16.5. The molecule has 2 aliphatic heterocycles. The molecule has 2 aromatic heterocycles. The zero-order valence-electron chi connectivity index (χ0n) is 26.0. The smallest absolute Gasteiger partial charge is 0.273 e. The minimum atomic E-state index is -0.247. The molecule has 4 rings (SSSR count).